The Kier molecular flexibility index (Phi) is 5.36. The van der Waals surface area contributed by atoms with Gasteiger partial charge in [-0.2, -0.15) is 23.3 Å². The summed E-state index contributed by atoms with van der Waals surface area (Å²) in [4.78, 5) is 4.41. The molecule has 4 aromatic rings. The first-order valence-electron chi connectivity index (χ1n) is 11.3. The van der Waals surface area contributed by atoms with Crippen molar-refractivity contribution in [2.45, 2.75) is 57.3 Å². The van der Waals surface area contributed by atoms with Gasteiger partial charge in [-0.3, -0.25) is 4.68 Å². The number of benzene rings is 2. The maximum Gasteiger partial charge on any atom is 0.398 e. The second kappa shape index (κ2) is 8.05. The van der Waals surface area contributed by atoms with Crippen molar-refractivity contribution < 1.29 is 22.8 Å². The van der Waals surface area contributed by atoms with Crippen LogP contribution in [0.15, 0.2) is 59.1 Å². The molecule has 5 rings (SSSR count). The normalized spacial score (nSPS) is 15.4. The summed E-state index contributed by atoms with van der Waals surface area (Å²) < 4.78 is 47.4. The van der Waals surface area contributed by atoms with Crippen molar-refractivity contribution in [2.75, 3.05) is 0 Å². The van der Waals surface area contributed by atoms with E-state index < -0.39 is 17.2 Å². The van der Waals surface area contributed by atoms with Crippen LogP contribution in [0.1, 0.15) is 49.1 Å². The van der Waals surface area contributed by atoms with E-state index in [1.165, 1.54) is 12.1 Å². The molecule has 0 bridgehead atoms. The van der Waals surface area contributed by atoms with Crippen LogP contribution in [-0.2, 0) is 17.6 Å². The Morgan fingerprint density at radius 2 is 1.77 bits per heavy atom. The van der Waals surface area contributed by atoms with Gasteiger partial charge in [0.2, 0.25) is 5.82 Å². The molecule has 2 aromatic heterocycles. The summed E-state index contributed by atoms with van der Waals surface area (Å²) in [5.74, 6) is 0.513. The van der Waals surface area contributed by atoms with Crippen LogP contribution in [0.2, 0.25) is 0 Å². The van der Waals surface area contributed by atoms with Gasteiger partial charge in [0, 0.05) is 11.3 Å². The Bertz CT molecular complexity index is 1360. The summed E-state index contributed by atoms with van der Waals surface area (Å²) >= 11 is 0. The highest BCUT2D eigenvalue weighted by Gasteiger charge is 2.64. The lowest BCUT2D eigenvalue weighted by Gasteiger charge is -2.19. The molecule has 6 nitrogen and oxygen atoms in total. The molecule has 0 saturated heterocycles. The fourth-order valence-corrected chi connectivity index (χ4v) is 4.24. The van der Waals surface area contributed by atoms with Crippen LogP contribution in [0.3, 0.4) is 0 Å². The van der Waals surface area contributed by atoms with Crippen LogP contribution in [0.4, 0.5) is 13.2 Å². The summed E-state index contributed by atoms with van der Waals surface area (Å²) in [6.45, 7) is 5.90. The molecule has 2 aromatic carbocycles. The van der Waals surface area contributed by atoms with Crippen molar-refractivity contribution >= 4 is 0 Å². The van der Waals surface area contributed by atoms with Crippen molar-refractivity contribution in [1.29, 1.82) is 0 Å². The largest absolute Gasteiger partial charge is 0.398 e. The number of aromatic nitrogens is 4. The standard InChI is InChI=1S/C26H25F3N4O2/c1-16-13-21(31-33(16)15-17-5-4-6-20(14-17)24(2,3)34)23-30-22(32-35-23)18-7-9-19(10-8-18)25(11-12-25)26(27,28)29/h4-10,13-14,34H,11-12,15H2,1-3H3. The molecule has 35 heavy (non-hydrogen) atoms. The van der Waals surface area contributed by atoms with Gasteiger partial charge in [-0.25, -0.2) is 0 Å². The average Bonchev–Trinajstić information content (AvgIpc) is 3.35. The van der Waals surface area contributed by atoms with Crippen LogP contribution in [0.5, 0.6) is 0 Å². The predicted molar refractivity (Wildman–Crippen MR) is 123 cm³/mol. The number of aliphatic hydroxyl groups is 1. The summed E-state index contributed by atoms with van der Waals surface area (Å²) in [6, 6.07) is 15.7. The minimum Gasteiger partial charge on any atom is -0.386 e. The first-order valence-corrected chi connectivity index (χ1v) is 11.3. The maximum atomic E-state index is 13.4. The molecule has 9 heteroatoms. The predicted octanol–water partition coefficient (Wildman–Crippen LogP) is 5.78. The number of alkyl halides is 3. The van der Waals surface area contributed by atoms with Crippen molar-refractivity contribution in [1.82, 2.24) is 19.9 Å². The minimum absolute atomic E-state index is 0.117. The highest BCUT2D eigenvalue weighted by molar-refractivity contribution is 5.59. The molecule has 182 valence electrons. The molecule has 1 aliphatic carbocycles. The van der Waals surface area contributed by atoms with Crippen molar-refractivity contribution in [3.05, 3.63) is 77.0 Å². The van der Waals surface area contributed by atoms with Gasteiger partial charge in [0.15, 0.2) is 5.69 Å². The Morgan fingerprint density at radius 1 is 1.06 bits per heavy atom. The molecule has 1 N–H and O–H groups in total. The Hall–Kier alpha value is -3.46. The van der Waals surface area contributed by atoms with Gasteiger partial charge in [0.1, 0.15) is 0 Å². The van der Waals surface area contributed by atoms with E-state index in [4.69, 9.17) is 4.52 Å². The van der Waals surface area contributed by atoms with Gasteiger partial charge in [-0.05, 0) is 56.4 Å². The lowest BCUT2D eigenvalue weighted by molar-refractivity contribution is -0.160. The van der Waals surface area contributed by atoms with Crippen molar-refractivity contribution in [3.63, 3.8) is 0 Å². The number of rotatable bonds is 6. The maximum absolute atomic E-state index is 13.4. The highest BCUT2D eigenvalue weighted by Crippen LogP contribution is 2.58. The number of nitrogens with zero attached hydrogens (tertiary/aromatic N) is 4. The third kappa shape index (κ3) is 4.36. The third-order valence-corrected chi connectivity index (χ3v) is 6.58. The fraction of sp³-hybridized carbons (Fsp3) is 0.346. The lowest BCUT2D eigenvalue weighted by Crippen LogP contribution is -2.28. The van der Waals surface area contributed by atoms with E-state index in [9.17, 15) is 18.3 Å². The first-order chi connectivity index (χ1) is 16.5. The molecule has 1 aliphatic rings. The molecule has 1 fully saturated rings. The van der Waals surface area contributed by atoms with Crippen LogP contribution in [-0.4, -0.2) is 31.2 Å². The summed E-state index contributed by atoms with van der Waals surface area (Å²) in [5.41, 5.74) is 1.37. The van der Waals surface area contributed by atoms with E-state index in [0.29, 0.717) is 17.8 Å². The molecule has 0 amide bonds. The summed E-state index contributed by atoms with van der Waals surface area (Å²) in [6.07, 6.45) is -4.02. The number of aryl methyl sites for hydroxylation is 1. The Morgan fingerprint density at radius 3 is 2.40 bits per heavy atom. The smallest absolute Gasteiger partial charge is 0.386 e. The molecule has 0 aliphatic heterocycles. The van der Waals surface area contributed by atoms with Crippen LogP contribution >= 0.6 is 0 Å². The zero-order valence-electron chi connectivity index (χ0n) is 19.6. The SMILES string of the molecule is Cc1cc(-c2nc(-c3ccc(C4(C(F)(F)F)CC4)cc3)no2)nn1Cc1cccc(C(C)(C)O)c1. The van der Waals surface area contributed by atoms with E-state index in [-0.39, 0.29) is 30.1 Å². The molecule has 1 saturated carbocycles. The molecular weight excluding hydrogens is 457 g/mol. The third-order valence-electron chi connectivity index (χ3n) is 6.58. The molecule has 0 radical (unpaired) electrons. The van der Waals surface area contributed by atoms with Crippen LogP contribution in [0, 0.1) is 6.92 Å². The van der Waals surface area contributed by atoms with Crippen LogP contribution < -0.4 is 0 Å². The Balaban J connectivity index is 1.35. The molecule has 0 spiro atoms. The van der Waals surface area contributed by atoms with Crippen LogP contribution in [0.25, 0.3) is 23.0 Å². The summed E-state index contributed by atoms with van der Waals surface area (Å²) in [5, 5.41) is 18.9. The monoisotopic (exact) mass is 482 g/mol. The quantitative estimate of drug-likeness (QED) is 0.377. The van der Waals surface area contributed by atoms with Crippen molar-refractivity contribution in [2.24, 2.45) is 0 Å². The van der Waals surface area contributed by atoms with Gasteiger partial charge in [-0.15, -0.1) is 0 Å². The van der Waals surface area contributed by atoms with E-state index >= 15 is 0 Å². The zero-order chi connectivity index (χ0) is 25.0. The molecule has 2 heterocycles. The Labute approximate surface area is 200 Å². The highest BCUT2D eigenvalue weighted by atomic mass is 19.4. The van der Waals surface area contributed by atoms with Gasteiger partial charge in [0.05, 0.1) is 17.6 Å². The second-order valence-corrected chi connectivity index (χ2v) is 9.67. The summed E-state index contributed by atoms with van der Waals surface area (Å²) in [7, 11) is 0. The number of hydrogen-bond donors (Lipinski definition) is 1. The lowest BCUT2D eigenvalue weighted by atomic mass is 9.94. The molecular formula is C26H25F3N4O2. The first kappa shape index (κ1) is 23.3. The van der Waals surface area contributed by atoms with E-state index in [2.05, 4.69) is 15.2 Å². The molecule has 0 atom stereocenters. The van der Waals surface area contributed by atoms with Gasteiger partial charge in [0.25, 0.3) is 5.89 Å². The van der Waals surface area contributed by atoms with Gasteiger partial charge in [-0.1, -0.05) is 53.7 Å². The van der Waals surface area contributed by atoms with E-state index in [0.717, 1.165) is 16.8 Å². The number of hydrogen-bond acceptors (Lipinski definition) is 5. The minimum atomic E-state index is -4.25. The molecule has 0 unspecified atom stereocenters. The number of halogens is 3. The van der Waals surface area contributed by atoms with Gasteiger partial charge >= 0.3 is 6.18 Å². The van der Waals surface area contributed by atoms with E-state index in [1.54, 1.807) is 26.0 Å². The zero-order valence-corrected chi connectivity index (χ0v) is 19.6. The second-order valence-electron chi connectivity index (χ2n) is 9.67. The topological polar surface area (TPSA) is 77.0 Å². The van der Waals surface area contributed by atoms with Gasteiger partial charge < -0.3 is 9.63 Å². The van der Waals surface area contributed by atoms with Crippen molar-refractivity contribution in [3.8, 4) is 23.0 Å². The fourth-order valence-electron chi connectivity index (χ4n) is 4.24. The van der Waals surface area contributed by atoms with E-state index in [1.807, 2.05) is 41.9 Å². The average molecular weight is 483 g/mol.